The predicted molar refractivity (Wildman–Crippen MR) is 86.5 cm³/mol. The molecule has 1 aromatic carbocycles. The standard InChI is InChI=1S/C18H24FN3O/c1-13(11-15-9-5-6-10-16(15)19)20-12-17-21-18(22-23-17)14-7-3-2-4-8-14/h5-6,9-10,13-14,20H,2-4,7-8,11-12H2,1H3. The number of benzene rings is 1. The maximum absolute atomic E-state index is 13.7. The zero-order valence-electron chi connectivity index (χ0n) is 13.6. The highest BCUT2D eigenvalue weighted by atomic mass is 19.1. The van der Waals surface area contributed by atoms with Crippen LogP contribution in [-0.4, -0.2) is 16.2 Å². The van der Waals surface area contributed by atoms with Crippen molar-refractivity contribution in [3.63, 3.8) is 0 Å². The molecule has 1 saturated carbocycles. The van der Waals surface area contributed by atoms with Crippen molar-refractivity contribution in [2.45, 2.75) is 64.0 Å². The summed E-state index contributed by atoms with van der Waals surface area (Å²) in [6, 6.07) is 7.02. The van der Waals surface area contributed by atoms with Crippen molar-refractivity contribution in [1.29, 1.82) is 0 Å². The number of hydrogen-bond acceptors (Lipinski definition) is 4. The van der Waals surface area contributed by atoms with Gasteiger partial charge in [0.2, 0.25) is 5.89 Å². The molecular formula is C18H24FN3O. The van der Waals surface area contributed by atoms with Crippen molar-refractivity contribution in [2.75, 3.05) is 0 Å². The van der Waals surface area contributed by atoms with E-state index >= 15 is 0 Å². The second kappa shape index (κ2) is 7.68. The lowest BCUT2D eigenvalue weighted by molar-refractivity contribution is 0.345. The summed E-state index contributed by atoms with van der Waals surface area (Å²) in [7, 11) is 0. The summed E-state index contributed by atoms with van der Waals surface area (Å²) in [6.45, 7) is 2.56. The highest BCUT2D eigenvalue weighted by molar-refractivity contribution is 5.18. The van der Waals surface area contributed by atoms with Crippen LogP contribution in [0.1, 0.15) is 62.2 Å². The van der Waals surface area contributed by atoms with Crippen molar-refractivity contribution in [3.8, 4) is 0 Å². The minimum Gasteiger partial charge on any atom is -0.338 e. The predicted octanol–water partition coefficient (Wildman–Crippen LogP) is 3.98. The first-order valence-electron chi connectivity index (χ1n) is 8.51. The number of hydrogen-bond donors (Lipinski definition) is 1. The van der Waals surface area contributed by atoms with Crippen molar-refractivity contribution in [1.82, 2.24) is 15.5 Å². The topological polar surface area (TPSA) is 51.0 Å². The fourth-order valence-corrected chi connectivity index (χ4v) is 3.19. The van der Waals surface area contributed by atoms with Crippen LogP contribution in [0.3, 0.4) is 0 Å². The Bertz CT molecular complexity index is 622. The molecule has 0 amide bonds. The molecule has 0 saturated heterocycles. The quantitative estimate of drug-likeness (QED) is 0.875. The molecule has 1 heterocycles. The monoisotopic (exact) mass is 317 g/mol. The Morgan fingerprint density at radius 3 is 2.83 bits per heavy atom. The first-order chi connectivity index (χ1) is 11.2. The second-order valence-corrected chi connectivity index (χ2v) is 6.46. The molecule has 1 N–H and O–H groups in total. The fraction of sp³-hybridized carbons (Fsp3) is 0.556. The van der Waals surface area contributed by atoms with E-state index in [9.17, 15) is 4.39 Å². The average molecular weight is 317 g/mol. The van der Waals surface area contributed by atoms with Crippen LogP contribution in [-0.2, 0) is 13.0 Å². The average Bonchev–Trinajstić information content (AvgIpc) is 3.05. The number of nitrogens with zero attached hydrogens (tertiary/aromatic N) is 2. The molecule has 5 heteroatoms. The van der Waals surface area contributed by atoms with Crippen LogP contribution in [0.2, 0.25) is 0 Å². The minimum atomic E-state index is -0.154. The van der Waals surface area contributed by atoms with Crippen LogP contribution in [0.15, 0.2) is 28.8 Å². The van der Waals surface area contributed by atoms with E-state index in [4.69, 9.17) is 4.52 Å². The maximum atomic E-state index is 13.7. The Balaban J connectivity index is 1.50. The summed E-state index contributed by atoms with van der Waals surface area (Å²) < 4.78 is 19.0. The largest absolute Gasteiger partial charge is 0.338 e. The summed E-state index contributed by atoms with van der Waals surface area (Å²) in [5, 5.41) is 7.46. The van der Waals surface area contributed by atoms with Crippen LogP contribution < -0.4 is 5.32 Å². The third-order valence-corrected chi connectivity index (χ3v) is 4.54. The van der Waals surface area contributed by atoms with Gasteiger partial charge in [-0.2, -0.15) is 4.98 Å². The van der Waals surface area contributed by atoms with E-state index in [-0.39, 0.29) is 11.9 Å². The molecule has 1 unspecified atom stereocenters. The summed E-state index contributed by atoms with van der Waals surface area (Å²) in [4.78, 5) is 4.52. The van der Waals surface area contributed by atoms with Gasteiger partial charge in [0.15, 0.2) is 5.82 Å². The van der Waals surface area contributed by atoms with Crippen molar-refractivity contribution in [2.24, 2.45) is 0 Å². The van der Waals surface area contributed by atoms with E-state index in [0.29, 0.717) is 24.8 Å². The number of aromatic nitrogens is 2. The van der Waals surface area contributed by atoms with Gasteiger partial charge in [-0.15, -0.1) is 0 Å². The van der Waals surface area contributed by atoms with Gasteiger partial charge >= 0.3 is 0 Å². The summed E-state index contributed by atoms with van der Waals surface area (Å²) in [5.74, 6) is 1.77. The van der Waals surface area contributed by atoms with Gasteiger partial charge in [-0.3, -0.25) is 0 Å². The van der Waals surface area contributed by atoms with E-state index in [1.54, 1.807) is 6.07 Å². The lowest BCUT2D eigenvalue weighted by atomic mass is 9.89. The lowest BCUT2D eigenvalue weighted by Crippen LogP contribution is -2.28. The molecule has 1 atom stereocenters. The molecule has 0 spiro atoms. The van der Waals surface area contributed by atoms with E-state index in [2.05, 4.69) is 15.5 Å². The third kappa shape index (κ3) is 4.38. The molecule has 0 bridgehead atoms. The van der Waals surface area contributed by atoms with Crippen LogP contribution in [0.25, 0.3) is 0 Å². The zero-order valence-corrected chi connectivity index (χ0v) is 13.6. The van der Waals surface area contributed by atoms with Crippen LogP contribution in [0, 0.1) is 5.82 Å². The van der Waals surface area contributed by atoms with Crippen molar-refractivity contribution < 1.29 is 8.91 Å². The van der Waals surface area contributed by atoms with Gasteiger partial charge in [0.25, 0.3) is 0 Å². The molecule has 124 valence electrons. The van der Waals surface area contributed by atoms with Crippen LogP contribution in [0.5, 0.6) is 0 Å². The Labute approximate surface area is 136 Å². The van der Waals surface area contributed by atoms with Crippen LogP contribution >= 0.6 is 0 Å². The SMILES string of the molecule is CC(Cc1ccccc1F)NCc1nc(C2CCCCC2)no1. The Hall–Kier alpha value is -1.75. The summed E-state index contributed by atoms with van der Waals surface area (Å²) in [6.07, 6.45) is 6.79. The molecule has 0 radical (unpaired) electrons. The number of rotatable bonds is 6. The van der Waals surface area contributed by atoms with Crippen LogP contribution in [0.4, 0.5) is 4.39 Å². The number of nitrogens with one attached hydrogen (secondary N) is 1. The van der Waals surface area contributed by atoms with Gasteiger partial charge in [0.05, 0.1) is 6.54 Å². The van der Waals surface area contributed by atoms with E-state index < -0.39 is 0 Å². The molecular weight excluding hydrogens is 293 g/mol. The Morgan fingerprint density at radius 2 is 2.04 bits per heavy atom. The molecule has 1 fully saturated rings. The van der Waals surface area contributed by atoms with Gasteiger partial charge < -0.3 is 9.84 Å². The molecule has 1 aliphatic rings. The zero-order chi connectivity index (χ0) is 16.1. The molecule has 23 heavy (non-hydrogen) atoms. The van der Waals surface area contributed by atoms with E-state index in [1.807, 2.05) is 19.1 Å². The van der Waals surface area contributed by atoms with Gasteiger partial charge in [0.1, 0.15) is 5.82 Å². The summed E-state index contributed by atoms with van der Waals surface area (Å²) in [5.41, 5.74) is 0.723. The maximum Gasteiger partial charge on any atom is 0.240 e. The van der Waals surface area contributed by atoms with Gasteiger partial charge in [-0.25, -0.2) is 4.39 Å². The highest BCUT2D eigenvalue weighted by Crippen LogP contribution is 2.30. The fourth-order valence-electron chi connectivity index (χ4n) is 3.19. The normalized spacial score (nSPS) is 17.3. The minimum absolute atomic E-state index is 0.136. The third-order valence-electron chi connectivity index (χ3n) is 4.54. The van der Waals surface area contributed by atoms with Crippen molar-refractivity contribution in [3.05, 3.63) is 47.4 Å². The molecule has 1 aliphatic carbocycles. The second-order valence-electron chi connectivity index (χ2n) is 6.46. The van der Waals surface area contributed by atoms with E-state index in [1.165, 1.54) is 25.3 Å². The Kier molecular flexibility index (Phi) is 5.39. The molecule has 4 nitrogen and oxygen atoms in total. The molecule has 2 aromatic rings. The van der Waals surface area contributed by atoms with Gasteiger partial charge in [0, 0.05) is 12.0 Å². The summed E-state index contributed by atoms with van der Waals surface area (Å²) >= 11 is 0. The van der Waals surface area contributed by atoms with Gasteiger partial charge in [-0.05, 0) is 37.8 Å². The smallest absolute Gasteiger partial charge is 0.240 e. The molecule has 1 aromatic heterocycles. The molecule has 0 aliphatic heterocycles. The first kappa shape index (κ1) is 16.1. The molecule has 3 rings (SSSR count). The first-order valence-corrected chi connectivity index (χ1v) is 8.51. The van der Waals surface area contributed by atoms with Crippen molar-refractivity contribution >= 4 is 0 Å². The number of halogens is 1. The lowest BCUT2D eigenvalue weighted by Gasteiger charge is -2.17. The Morgan fingerprint density at radius 1 is 1.26 bits per heavy atom. The highest BCUT2D eigenvalue weighted by Gasteiger charge is 2.21. The van der Waals surface area contributed by atoms with E-state index in [0.717, 1.165) is 24.2 Å². The van der Waals surface area contributed by atoms with Gasteiger partial charge in [-0.1, -0.05) is 42.6 Å².